The van der Waals surface area contributed by atoms with Crippen molar-refractivity contribution in [1.29, 1.82) is 0 Å². The number of hydrogen-bond acceptors (Lipinski definition) is 7. The van der Waals surface area contributed by atoms with Gasteiger partial charge >= 0.3 is 0 Å². The van der Waals surface area contributed by atoms with Gasteiger partial charge in [0.2, 0.25) is 43.8 Å². The third-order valence-electron chi connectivity index (χ3n) is 5.52. The molecule has 0 bridgehead atoms. The van der Waals surface area contributed by atoms with Gasteiger partial charge in [0.15, 0.2) is 0 Å². The maximum Gasteiger partial charge on any atom is 0.243 e. The minimum atomic E-state index is -0.881. The Hall–Kier alpha value is -3.70. The number of hydrogen-bond donors (Lipinski definition) is 3. The highest BCUT2D eigenvalue weighted by Crippen LogP contribution is 2.11. The Morgan fingerprint density at radius 3 is 2.26 bits per heavy atom. The van der Waals surface area contributed by atoms with Crippen molar-refractivity contribution in [2.24, 2.45) is 5.92 Å². The molecule has 38 heavy (non-hydrogen) atoms. The van der Waals surface area contributed by atoms with Crippen molar-refractivity contribution in [2.45, 2.75) is 71.9 Å². The van der Waals surface area contributed by atoms with Gasteiger partial charge in [0, 0.05) is 25.1 Å². The Balaban J connectivity index is 2.41. The molecule has 1 aromatic carbocycles. The van der Waals surface area contributed by atoms with Gasteiger partial charge in [0.25, 0.3) is 0 Å². The number of anilines is 1. The highest BCUT2D eigenvalue weighted by atomic mass is 16.5. The number of carbonyl (C=O) groups excluding carboxylic acids is 6. The Kier molecular flexibility index (Phi) is 15.1. The summed E-state index contributed by atoms with van der Waals surface area (Å²) in [5.41, 5.74) is 1.18. The van der Waals surface area contributed by atoms with Crippen LogP contribution in [0.15, 0.2) is 24.3 Å². The Morgan fingerprint density at radius 2 is 1.68 bits per heavy atom. The molecule has 3 N–H and O–H groups in total. The first-order valence-electron chi connectivity index (χ1n) is 12.7. The summed E-state index contributed by atoms with van der Waals surface area (Å²) < 4.78 is 4.69. The molecule has 11 nitrogen and oxygen atoms in total. The van der Waals surface area contributed by atoms with Crippen molar-refractivity contribution in [3.05, 3.63) is 29.8 Å². The fourth-order valence-corrected chi connectivity index (χ4v) is 3.44. The minimum absolute atomic E-state index is 0.0146. The van der Waals surface area contributed by atoms with Crippen LogP contribution in [-0.4, -0.2) is 67.8 Å². The van der Waals surface area contributed by atoms with Crippen LogP contribution in [0.4, 0.5) is 10.5 Å². The third kappa shape index (κ3) is 13.0. The number of amides is 5. The molecule has 0 aromatic heterocycles. The zero-order valence-corrected chi connectivity index (χ0v) is 22.3. The smallest absolute Gasteiger partial charge is 0.243 e. The van der Waals surface area contributed by atoms with E-state index in [1.807, 2.05) is 6.92 Å². The standard InChI is InChI=1S/C26H37BN4O7/c1-4-8-23(35)31(17-32)14-7-5-6-9-21(33)30-24(18(2)3)25(36)28-15-22(34)29-20-12-10-19(11-13-20)16-38-26(27)37/h10-13,17-18,24H,4-9,14-16H2,1-3H3,(H,28,36)(H,29,34)(H,30,33). The second kappa shape index (κ2) is 17.7. The quantitative estimate of drug-likeness (QED) is 0.159. The van der Waals surface area contributed by atoms with Crippen LogP contribution in [0, 0.1) is 5.92 Å². The largest absolute Gasteiger partial charge is 0.470 e. The molecule has 0 spiro atoms. The first kappa shape index (κ1) is 32.3. The van der Waals surface area contributed by atoms with Crippen molar-refractivity contribution >= 4 is 49.4 Å². The van der Waals surface area contributed by atoms with Crippen molar-refractivity contribution in [3.8, 4) is 0 Å². The highest BCUT2D eigenvalue weighted by Gasteiger charge is 2.24. The van der Waals surface area contributed by atoms with Gasteiger partial charge in [-0.1, -0.05) is 39.3 Å². The topological polar surface area (TPSA) is 151 Å². The Labute approximate surface area is 224 Å². The first-order chi connectivity index (χ1) is 18.1. The van der Waals surface area contributed by atoms with E-state index in [2.05, 4.69) is 16.0 Å². The van der Waals surface area contributed by atoms with E-state index in [-0.39, 0.29) is 37.3 Å². The number of carbonyl (C=O) groups is 6. The number of nitrogens with zero attached hydrogens (tertiary/aromatic N) is 1. The van der Waals surface area contributed by atoms with E-state index in [0.29, 0.717) is 56.3 Å². The van der Waals surface area contributed by atoms with Crippen LogP contribution >= 0.6 is 0 Å². The van der Waals surface area contributed by atoms with E-state index in [1.165, 1.54) is 0 Å². The second-order valence-electron chi connectivity index (χ2n) is 9.11. The van der Waals surface area contributed by atoms with Gasteiger partial charge in [-0.2, -0.15) is 0 Å². The van der Waals surface area contributed by atoms with Crippen LogP contribution in [0.1, 0.15) is 64.9 Å². The van der Waals surface area contributed by atoms with Gasteiger partial charge in [-0.3, -0.25) is 33.7 Å². The zero-order chi connectivity index (χ0) is 28.5. The van der Waals surface area contributed by atoms with Gasteiger partial charge < -0.3 is 20.7 Å². The summed E-state index contributed by atoms with van der Waals surface area (Å²) in [6, 6.07) is 5.75. The minimum Gasteiger partial charge on any atom is -0.470 e. The number of benzene rings is 1. The molecular weight excluding hydrogens is 491 g/mol. The lowest BCUT2D eigenvalue weighted by Gasteiger charge is -2.21. The van der Waals surface area contributed by atoms with Crippen molar-refractivity contribution in [1.82, 2.24) is 15.5 Å². The zero-order valence-electron chi connectivity index (χ0n) is 22.3. The maximum absolute atomic E-state index is 12.6. The molecule has 2 radical (unpaired) electrons. The van der Waals surface area contributed by atoms with E-state index in [1.54, 1.807) is 38.1 Å². The number of rotatable bonds is 17. The van der Waals surface area contributed by atoms with E-state index in [0.717, 1.165) is 4.90 Å². The van der Waals surface area contributed by atoms with Gasteiger partial charge in [-0.15, -0.1) is 0 Å². The third-order valence-corrected chi connectivity index (χ3v) is 5.52. The lowest BCUT2D eigenvalue weighted by Crippen LogP contribution is -2.51. The second-order valence-corrected chi connectivity index (χ2v) is 9.11. The van der Waals surface area contributed by atoms with Crippen LogP contribution in [0.25, 0.3) is 0 Å². The van der Waals surface area contributed by atoms with Gasteiger partial charge in [0.1, 0.15) is 12.6 Å². The van der Waals surface area contributed by atoms with E-state index >= 15 is 0 Å². The van der Waals surface area contributed by atoms with E-state index in [9.17, 15) is 28.8 Å². The summed E-state index contributed by atoms with van der Waals surface area (Å²) in [4.78, 5) is 71.9. The number of nitrogens with one attached hydrogen (secondary N) is 3. The fourth-order valence-electron chi connectivity index (χ4n) is 3.44. The predicted molar refractivity (Wildman–Crippen MR) is 142 cm³/mol. The van der Waals surface area contributed by atoms with Crippen molar-refractivity contribution in [2.75, 3.05) is 18.4 Å². The maximum atomic E-state index is 12.6. The lowest BCUT2D eigenvalue weighted by atomic mass is 10.0. The number of unbranched alkanes of at least 4 members (excludes halogenated alkanes) is 2. The fraction of sp³-hybridized carbons (Fsp3) is 0.538. The SMILES string of the molecule is [B]C(=O)OCc1ccc(NC(=O)CNC(=O)C(NC(=O)CCCCCN(C=O)C(=O)CCC)C(C)C)cc1. The van der Waals surface area contributed by atoms with Crippen LogP contribution in [0.2, 0.25) is 0 Å². The summed E-state index contributed by atoms with van der Waals surface area (Å²) >= 11 is 0. The molecule has 0 saturated heterocycles. The van der Waals surface area contributed by atoms with Crippen LogP contribution in [0.5, 0.6) is 0 Å². The number of ether oxygens (including phenoxy) is 1. The molecule has 0 aliphatic heterocycles. The monoisotopic (exact) mass is 528 g/mol. The molecular formula is C26H37BN4O7. The summed E-state index contributed by atoms with van der Waals surface area (Å²) in [5.74, 6) is -2.51. The molecule has 0 aliphatic rings. The van der Waals surface area contributed by atoms with Crippen molar-refractivity contribution < 1.29 is 33.5 Å². The summed E-state index contributed by atoms with van der Waals surface area (Å²) in [7, 11) is 4.93. The molecule has 0 aliphatic carbocycles. The van der Waals surface area contributed by atoms with E-state index in [4.69, 9.17) is 12.6 Å². The first-order valence-corrected chi connectivity index (χ1v) is 12.7. The van der Waals surface area contributed by atoms with Gasteiger partial charge in [0.05, 0.1) is 6.54 Å². The number of imide groups is 1. The predicted octanol–water partition coefficient (Wildman–Crippen LogP) is 2.03. The van der Waals surface area contributed by atoms with Gasteiger partial charge in [-0.25, -0.2) is 0 Å². The molecule has 1 unspecified atom stereocenters. The average molecular weight is 528 g/mol. The molecule has 1 atom stereocenters. The van der Waals surface area contributed by atoms with Gasteiger partial charge in [-0.05, 0) is 42.9 Å². The highest BCUT2D eigenvalue weighted by molar-refractivity contribution is 6.55. The molecule has 1 aromatic rings. The van der Waals surface area contributed by atoms with E-state index < -0.39 is 23.7 Å². The molecule has 0 saturated carbocycles. The summed E-state index contributed by atoms with van der Waals surface area (Å²) in [5, 5.41) is 7.90. The molecule has 0 heterocycles. The Morgan fingerprint density at radius 1 is 1.00 bits per heavy atom. The molecule has 5 amide bonds. The normalized spacial score (nSPS) is 11.3. The summed E-state index contributed by atoms with van der Waals surface area (Å²) in [6.07, 6.45) is 3.51. The van der Waals surface area contributed by atoms with Crippen LogP contribution in [-0.2, 0) is 35.3 Å². The summed E-state index contributed by atoms with van der Waals surface area (Å²) in [6.45, 7) is 5.49. The van der Waals surface area contributed by atoms with Crippen molar-refractivity contribution in [3.63, 3.8) is 0 Å². The lowest BCUT2D eigenvalue weighted by molar-refractivity contribution is -0.138. The average Bonchev–Trinajstić information content (AvgIpc) is 2.87. The Bertz CT molecular complexity index is 953. The molecule has 206 valence electrons. The molecule has 12 heteroatoms. The van der Waals surface area contributed by atoms with Crippen LogP contribution in [0.3, 0.4) is 0 Å². The van der Waals surface area contributed by atoms with Crippen LogP contribution < -0.4 is 16.0 Å². The molecule has 1 rings (SSSR count). The molecule has 0 fully saturated rings.